The van der Waals surface area contributed by atoms with Crippen molar-refractivity contribution in [2.75, 3.05) is 23.5 Å². The molecule has 0 spiro atoms. The lowest BCUT2D eigenvalue weighted by Gasteiger charge is -2.50. The molecule has 4 aliphatic rings. The zero-order chi connectivity index (χ0) is 36.3. The van der Waals surface area contributed by atoms with Gasteiger partial charge in [-0.1, -0.05) is 95.5 Å². The van der Waals surface area contributed by atoms with Gasteiger partial charge in [-0.3, -0.25) is 24.6 Å². The number of carbonyl (C=O) groups is 4. The van der Waals surface area contributed by atoms with Crippen LogP contribution in [0, 0.1) is 37.5 Å². The van der Waals surface area contributed by atoms with Gasteiger partial charge in [0.15, 0.2) is 0 Å². The van der Waals surface area contributed by atoms with Crippen LogP contribution in [0.3, 0.4) is 0 Å². The van der Waals surface area contributed by atoms with Crippen LogP contribution in [0.2, 0.25) is 5.02 Å². The Labute approximate surface area is 306 Å². The fourth-order valence-corrected chi connectivity index (χ4v) is 9.25. The minimum Gasteiger partial charge on any atom is -0.491 e. The van der Waals surface area contributed by atoms with Gasteiger partial charge in [-0.2, -0.15) is 5.01 Å². The molecule has 4 aromatic rings. The van der Waals surface area contributed by atoms with E-state index in [4.69, 9.17) is 16.3 Å². The summed E-state index contributed by atoms with van der Waals surface area (Å²) in [6, 6.07) is 29.4. The zero-order valence-electron chi connectivity index (χ0n) is 28.8. The van der Waals surface area contributed by atoms with Gasteiger partial charge in [0.2, 0.25) is 11.8 Å². The highest BCUT2D eigenvalue weighted by Gasteiger charge is 2.70. The SMILES string of the molecule is Cc1ccc(NN2C(=O)C3CC4C(=CCC5C(=O)N(c6ccc(C)c(Cl)c6)C(=O)C54)C(c4ccccc4OCCO)C3(c3ccccc3)C2=O)cc1. The summed E-state index contributed by atoms with van der Waals surface area (Å²) in [7, 11) is 0. The van der Waals surface area contributed by atoms with Crippen LogP contribution in [0.1, 0.15) is 41.0 Å². The Hall–Kier alpha value is -5.25. The number of allylic oxidation sites excluding steroid dienone is 2. The molecule has 10 heteroatoms. The molecule has 0 bridgehead atoms. The molecular formula is C42H38ClN3O6. The second kappa shape index (κ2) is 13.1. The number of fused-ring (bicyclic) bond motifs is 4. The Bertz CT molecular complexity index is 2140. The molecule has 2 aliphatic carbocycles. The number of aliphatic hydroxyl groups is 1. The van der Waals surface area contributed by atoms with Gasteiger partial charge in [-0.15, -0.1) is 0 Å². The van der Waals surface area contributed by atoms with Crippen molar-refractivity contribution < 1.29 is 29.0 Å². The summed E-state index contributed by atoms with van der Waals surface area (Å²) in [6.07, 6.45) is 2.48. The number of aryl methyl sites for hydroxylation is 2. The topological polar surface area (TPSA) is 116 Å². The van der Waals surface area contributed by atoms with Crippen LogP contribution in [0.4, 0.5) is 11.4 Å². The van der Waals surface area contributed by atoms with E-state index in [0.29, 0.717) is 33.3 Å². The Morgan fingerprint density at radius 2 is 1.60 bits per heavy atom. The Kier molecular flexibility index (Phi) is 8.51. The smallest absolute Gasteiger partial charge is 0.260 e. The molecule has 52 heavy (non-hydrogen) atoms. The molecule has 6 atom stereocenters. The highest BCUT2D eigenvalue weighted by atomic mass is 35.5. The number of anilines is 2. The first kappa shape index (κ1) is 33.9. The van der Waals surface area contributed by atoms with Crippen molar-refractivity contribution in [1.82, 2.24) is 5.01 Å². The fraction of sp³-hybridized carbons (Fsp3) is 0.286. The van der Waals surface area contributed by atoms with E-state index in [1.165, 1.54) is 4.90 Å². The maximum absolute atomic E-state index is 15.4. The Morgan fingerprint density at radius 1 is 0.865 bits per heavy atom. The minimum absolute atomic E-state index is 0.0215. The van der Waals surface area contributed by atoms with Crippen molar-refractivity contribution in [3.05, 3.63) is 136 Å². The van der Waals surface area contributed by atoms with Crippen molar-refractivity contribution in [2.45, 2.75) is 38.0 Å². The van der Waals surface area contributed by atoms with Crippen LogP contribution in [-0.4, -0.2) is 47.0 Å². The summed E-state index contributed by atoms with van der Waals surface area (Å²) < 4.78 is 6.12. The number of nitrogens with zero attached hydrogens (tertiary/aromatic N) is 2. The highest BCUT2D eigenvalue weighted by Crippen LogP contribution is 2.65. The number of hydrazine groups is 1. The quantitative estimate of drug-likeness (QED) is 0.158. The van der Waals surface area contributed by atoms with Gasteiger partial charge < -0.3 is 9.84 Å². The van der Waals surface area contributed by atoms with Crippen LogP contribution >= 0.6 is 11.6 Å². The van der Waals surface area contributed by atoms with Crippen LogP contribution in [0.25, 0.3) is 0 Å². The molecule has 2 saturated heterocycles. The third kappa shape index (κ3) is 5.09. The number of hydrogen-bond donors (Lipinski definition) is 2. The average molecular weight is 716 g/mol. The first-order chi connectivity index (χ1) is 25.2. The first-order valence-corrected chi connectivity index (χ1v) is 18.0. The molecule has 4 amide bonds. The van der Waals surface area contributed by atoms with Crippen molar-refractivity contribution in [3.63, 3.8) is 0 Å². The van der Waals surface area contributed by atoms with E-state index >= 15 is 4.79 Å². The molecule has 1 saturated carbocycles. The average Bonchev–Trinajstić information content (AvgIpc) is 3.54. The third-order valence-electron chi connectivity index (χ3n) is 11.4. The number of nitrogens with one attached hydrogen (secondary N) is 1. The van der Waals surface area contributed by atoms with Gasteiger partial charge in [-0.25, -0.2) is 4.90 Å². The number of imide groups is 2. The molecule has 8 rings (SSSR count). The highest BCUT2D eigenvalue weighted by molar-refractivity contribution is 6.32. The van der Waals surface area contributed by atoms with E-state index in [9.17, 15) is 19.5 Å². The molecule has 264 valence electrons. The molecule has 2 heterocycles. The molecule has 2 aliphatic heterocycles. The van der Waals surface area contributed by atoms with E-state index in [2.05, 4.69) is 5.43 Å². The van der Waals surface area contributed by atoms with Gasteiger partial charge in [0, 0.05) is 16.5 Å². The van der Waals surface area contributed by atoms with Crippen LogP contribution < -0.4 is 15.1 Å². The van der Waals surface area contributed by atoms with Crippen LogP contribution in [-0.2, 0) is 24.6 Å². The number of carbonyl (C=O) groups excluding carboxylic acids is 4. The van der Waals surface area contributed by atoms with Gasteiger partial charge in [-0.05, 0) is 74.1 Å². The monoisotopic (exact) mass is 715 g/mol. The molecule has 0 radical (unpaired) electrons. The molecule has 3 fully saturated rings. The number of ether oxygens (including phenoxy) is 1. The molecule has 9 nitrogen and oxygen atoms in total. The summed E-state index contributed by atoms with van der Waals surface area (Å²) in [5.74, 6) is -4.57. The molecule has 0 aromatic heterocycles. The maximum Gasteiger partial charge on any atom is 0.260 e. The molecule has 4 aromatic carbocycles. The lowest BCUT2D eigenvalue weighted by Crippen LogP contribution is -2.53. The third-order valence-corrected chi connectivity index (χ3v) is 11.8. The summed E-state index contributed by atoms with van der Waals surface area (Å²) in [5, 5.41) is 11.3. The normalized spacial score (nSPS) is 26.5. The molecular weight excluding hydrogens is 678 g/mol. The minimum atomic E-state index is -1.43. The number of halogens is 1. The fourth-order valence-electron chi connectivity index (χ4n) is 9.07. The number of rotatable bonds is 8. The van der Waals surface area contributed by atoms with E-state index in [-0.39, 0.29) is 37.9 Å². The summed E-state index contributed by atoms with van der Waals surface area (Å²) in [6.45, 7) is 3.62. The summed E-state index contributed by atoms with van der Waals surface area (Å²) in [5.41, 5.74) is 6.70. The van der Waals surface area contributed by atoms with Gasteiger partial charge in [0.1, 0.15) is 12.4 Å². The van der Waals surface area contributed by atoms with E-state index in [1.807, 2.05) is 92.7 Å². The molecule has 2 N–H and O–H groups in total. The van der Waals surface area contributed by atoms with Crippen LogP contribution in [0.5, 0.6) is 5.75 Å². The summed E-state index contributed by atoms with van der Waals surface area (Å²) in [4.78, 5) is 60.2. The van der Waals surface area contributed by atoms with Crippen molar-refractivity contribution in [3.8, 4) is 5.75 Å². The number of hydrogen-bond acceptors (Lipinski definition) is 7. The maximum atomic E-state index is 15.4. The second-order valence-electron chi connectivity index (χ2n) is 14.1. The van der Waals surface area contributed by atoms with Gasteiger partial charge in [0.05, 0.1) is 41.2 Å². The number of para-hydroxylation sites is 1. The standard InChI is InChI=1S/C42H38ClN3O6/c1-24-12-15-27(16-13-24)44-46-39(49)33-23-32-29(18-19-31-36(32)40(50)45(38(31)48)28-17-14-25(2)34(43)22-28)37(30-10-6-7-11-35(30)52-21-20-47)42(33,41(46)51)26-8-4-3-5-9-26/h3-18,22,31-33,36-37,44,47H,19-21,23H2,1-2H3. The zero-order valence-corrected chi connectivity index (χ0v) is 29.5. The van der Waals surface area contributed by atoms with Crippen molar-refractivity contribution in [1.29, 1.82) is 0 Å². The largest absolute Gasteiger partial charge is 0.491 e. The van der Waals surface area contributed by atoms with Gasteiger partial charge >= 0.3 is 0 Å². The predicted octanol–water partition coefficient (Wildman–Crippen LogP) is 6.52. The first-order valence-electron chi connectivity index (χ1n) is 17.6. The van der Waals surface area contributed by atoms with Crippen LogP contribution in [0.15, 0.2) is 109 Å². The molecule has 6 unspecified atom stereocenters. The lowest BCUT2D eigenvalue weighted by molar-refractivity contribution is -0.138. The second-order valence-corrected chi connectivity index (χ2v) is 14.6. The van der Waals surface area contributed by atoms with E-state index < -0.39 is 46.8 Å². The van der Waals surface area contributed by atoms with E-state index in [0.717, 1.165) is 21.7 Å². The predicted molar refractivity (Wildman–Crippen MR) is 196 cm³/mol. The van der Waals surface area contributed by atoms with Gasteiger partial charge in [0.25, 0.3) is 11.8 Å². The summed E-state index contributed by atoms with van der Waals surface area (Å²) >= 11 is 6.47. The van der Waals surface area contributed by atoms with Crippen molar-refractivity contribution in [2.24, 2.45) is 23.7 Å². The van der Waals surface area contributed by atoms with E-state index in [1.54, 1.807) is 24.3 Å². The number of aliphatic hydroxyl groups excluding tert-OH is 1. The Morgan fingerprint density at radius 3 is 2.33 bits per heavy atom. The Balaban J connectivity index is 1.32. The van der Waals surface area contributed by atoms with Crippen molar-refractivity contribution >= 4 is 46.6 Å². The number of benzene rings is 4. The number of amides is 4. The lowest BCUT2D eigenvalue weighted by atomic mass is 9.49.